The molecule has 1 atom stereocenters. The van der Waals surface area contributed by atoms with Crippen molar-refractivity contribution in [3.8, 4) is 0 Å². The maximum atomic E-state index is 12.4. The summed E-state index contributed by atoms with van der Waals surface area (Å²) in [5.41, 5.74) is 2.88. The van der Waals surface area contributed by atoms with Crippen molar-refractivity contribution in [3.05, 3.63) is 59.7 Å². The summed E-state index contributed by atoms with van der Waals surface area (Å²) in [6.45, 7) is 9.38. The minimum Gasteiger partial charge on any atom is -0.341 e. The average molecular weight is 381 g/mol. The molecular weight excluding hydrogens is 354 g/mol. The molecular formula is C22H27N3O3. The van der Waals surface area contributed by atoms with Crippen LogP contribution in [0.25, 0.3) is 0 Å². The molecule has 0 bridgehead atoms. The highest BCUT2D eigenvalue weighted by Crippen LogP contribution is 2.22. The molecule has 0 spiro atoms. The summed E-state index contributed by atoms with van der Waals surface area (Å²) in [5, 5.41) is 8.10. The van der Waals surface area contributed by atoms with E-state index in [4.69, 9.17) is 0 Å². The highest BCUT2D eigenvalue weighted by atomic mass is 16.2. The molecule has 1 unspecified atom stereocenters. The van der Waals surface area contributed by atoms with Gasteiger partial charge in [-0.15, -0.1) is 0 Å². The first-order valence-corrected chi connectivity index (χ1v) is 9.16. The molecule has 0 aliphatic heterocycles. The molecule has 3 N–H and O–H groups in total. The molecule has 0 aromatic heterocycles. The van der Waals surface area contributed by atoms with Crippen LogP contribution in [0.3, 0.4) is 0 Å². The van der Waals surface area contributed by atoms with Crippen LogP contribution in [0.5, 0.6) is 0 Å². The lowest BCUT2D eigenvalue weighted by atomic mass is 9.86. The number of anilines is 2. The van der Waals surface area contributed by atoms with Crippen molar-refractivity contribution in [3.63, 3.8) is 0 Å². The fourth-order valence-corrected chi connectivity index (χ4v) is 2.56. The van der Waals surface area contributed by atoms with Crippen molar-refractivity contribution in [2.24, 2.45) is 0 Å². The van der Waals surface area contributed by atoms with Gasteiger partial charge in [-0.2, -0.15) is 0 Å². The van der Waals surface area contributed by atoms with Crippen molar-refractivity contribution in [1.82, 2.24) is 5.32 Å². The van der Waals surface area contributed by atoms with Gasteiger partial charge >= 0.3 is 0 Å². The van der Waals surface area contributed by atoms with Gasteiger partial charge < -0.3 is 16.0 Å². The highest BCUT2D eigenvalue weighted by Gasteiger charge is 2.18. The first-order chi connectivity index (χ1) is 13.1. The number of nitrogens with one attached hydrogen (secondary N) is 3. The fourth-order valence-electron chi connectivity index (χ4n) is 2.56. The first-order valence-electron chi connectivity index (χ1n) is 9.16. The molecule has 0 saturated heterocycles. The number of rotatable bonds is 5. The van der Waals surface area contributed by atoms with Crippen LogP contribution in [0.15, 0.2) is 48.5 Å². The van der Waals surface area contributed by atoms with Crippen LogP contribution < -0.4 is 16.0 Å². The number of carbonyl (C=O) groups is 3. The molecule has 2 rings (SSSR count). The van der Waals surface area contributed by atoms with E-state index >= 15 is 0 Å². The van der Waals surface area contributed by atoms with Crippen molar-refractivity contribution < 1.29 is 14.4 Å². The van der Waals surface area contributed by atoms with E-state index in [1.165, 1.54) is 6.92 Å². The SMILES string of the molecule is CC(=O)Nc1ccc(NC(=O)C(C)NC(=O)c2ccc(C(C)(C)C)cc2)cc1. The maximum absolute atomic E-state index is 12.4. The monoisotopic (exact) mass is 381 g/mol. The van der Waals surface area contributed by atoms with Gasteiger partial charge in [0.15, 0.2) is 0 Å². The van der Waals surface area contributed by atoms with Gasteiger partial charge in [-0.1, -0.05) is 32.9 Å². The zero-order valence-corrected chi connectivity index (χ0v) is 16.9. The number of carbonyl (C=O) groups excluding carboxylic acids is 3. The Morgan fingerprint density at radius 1 is 0.821 bits per heavy atom. The van der Waals surface area contributed by atoms with Gasteiger partial charge in [0.05, 0.1) is 0 Å². The fraction of sp³-hybridized carbons (Fsp3) is 0.318. The van der Waals surface area contributed by atoms with E-state index in [1.807, 2.05) is 12.1 Å². The summed E-state index contributed by atoms with van der Waals surface area (Å²) < 4.78 is 0. The molecule has 6 heteroatoms. The van der Waals surface area contributed by atoms with E-state index in [-0.39, 0.29) is 23.1 Å². The molecule has 0 saturated carbocycles. The number of amides is 3. The molecule has 148 valence electrons. The Labute approximate surface area is 165 Å². The Kier molecular flexibility index (Phi) is 6.57. The van der Waals surface area contributed by atoms with E-state index in [1.54, 1.807) is 43.3 Å². The molecule has 3 amide bonds. The summed E-state index contributed by atoms with van der Waals surface area (Å²) in [4.78, 5) is 35.8. The van der Waals surface area contributed by atoms with Crippen LogP contribution in [0.2, 0.25) is 0 Å². The van der Waals surface area contributed by atoms with Crippen LogP contribution in [0.4, 0.5) is 11.4 Å². The van der Waals surface area contributed by atoms with Crippen LogP contribution in [-0.2, 0) is 15.0 Å². The molecule has 6 nitrogen and oxygen atoms in total. The third-order valence-corrected chi connectivity index (χ3v) is 4.23. The predicted octanol–water partition coefficient (Wildman–Crippen LogP) is 3.70. The second-order valence-corrected chi connectivity index (χ2v) is 7.77. The summed E-state index contributed by atoms with van der Waals surface area (Å²) in [7, 11) is 0. The van der Waals surface area contributed by atoms with E-state index in [0.717, 1.165) is 5.56 Å². The van der Waals surface area contributed by atoms with Gasteiger partial charge in [-0.25, -0.2) is 0 Å². The quantitative estimate of drug-likeness (QED) is 0.738. The molecule has 0 heterocycles. The molecule has 0 fully saturated rings. The lowest BCUT2D eigenvalue weighted by Crippen LogP contribution is -2.41. The largest absolute Gasteiger partial charge is 0.341 e. The Morgan fingerprint density at radius 3 is 1.79 bits per heavy atom. The normalized spacial score (nSPS) is 12.0. The van der Waals surface area contributed by atoms with Gasteiger partial charge in [0.25, 0.3) is 5.91 Å². The molecule has 0 aliphatic carbocycles. The Bertz CT molecular complexity index is 850. The number of benzene rings is 2. The lowest BCUT2D eigenvalue weighted by molar-refractivity contribution is -0.117. The molecule has 2 aromatic rings. The van der Waals surface area contributed by atoms with Crippen LogP contribution in [0, 0.1) is 0 Å². The van der Waals surface area contributed by atoms with Crippen molar-refractivity contribution in [2.75, 3.05) is 10.6 Å². The van der Waals surface area contributed by atoms with Crippen LogP contribution in [-0.4, -0.2) is 23.8 Å². The summed E-state index contributed by atoms with van der Waals surface area (Å²) in [5.74, 6) is -0.792. The zero-order chi connectivity index (χ0) is 20.9. The topological polar surface area (TPSA) is 87.3 Å². The number of hydrogen-bond acceptors (Lipinski definition) is 3. The van der Waals surface area contributed by atoms with Gasteiger partial charge in [0.1, 0.15) is 6.04 Å². The van der Waals surface area contributed by atoms with Gasteiger partial charge in [0, 0.05) is 23.9 Å². The lowest BCUT2D eigenvalue weighted by Gasteiger charge is -2.19. The molecule has 28 heavy (non-hydrogen) atoms. The standard InChI is InChI=1S/C22H27N3O3/c1-14(20(27)25-19-12-10-18(11-13-19)24-15(2)26)23-21(28)16-6-8-17(9-7-16)22(3,4)5/h6-14H,1-5H3,(H,23,28)(H,24,26)(H,25,27). The van der Waals surface area contributed by atoms with Crippen LogP contribution in [0.1, 0.15) is 50.5 Å². The summed E-state index contributed by atoms with van der Waals surface area (Å²) >= 11 is 0. The predicted molar refractivity (Wildman–Crippen MR) is 111 cm³/mol. The van der Waals surface area contributed by atoms with E-state index in [0.29, 0.717) is 16.9 Å². The average Bonchev–Trinajstić information content (AvgIpc) is 2.62. The molecule has 0 aliphatic rings. The van der Waals surface area contributed by atoms with Gasteiger partial charge in [0.2, 0.25) is 11.8 Å². The summed E-state index contributed by atoms with van der Waals surface area (Å²) in [6, 6.07) is 13.4. The van der Waals surface area contributed by atoms with Gasteiger partial charge in [-0.3, -0.25) is 14.4 Å². The third-order valence-electron chi connectivity index (χ3n) is 4.23. The van der Waals surface area contributed by atoms with Crippen molar-refractivity contribution >= 4 is 29.1 Å². The Morgan fingerprint density at radius 2 is 1.32 bits per heavy atom. The van der Waals surface area contributed by atoms with Crippen molar-refractivity contribution in [2.45, 2.75) is 46.1 Å². The van der Waals surface area contributed by atoms with E-state index in [2.05, 4.69) is 36.7 Å². The summed E-state index contributed by atoms with van der Waals surface area (Å²) in [6.07, 6.45) is 0. The number of hydrogen-bond donors (Lipinski definition) is 3. The Balaban J connectivity index is 1.94. The van der Waals surface area contributed by atoms with E-state index in [9.17, 15) is 14.4 Å². The Hall–Kier alpha value is -3.15. The maximum Gasteiger partial charge on any atom is 0.251 e. The second-order valence-electron chi connectivity index (χ2n) is 7.77. The minimum absolute atomic E-state index is 0.0116. The second kappa shape index (κ2) is 8.69. The third kappa shape index (κ3) is 5.94. The highest BCUT2D eigenvalue weighted by molar-refractivity contribution is 6.01. The van der Waals surface area contributed by atoms with Gasteiger partial charge in [-0.05, 0) is 54.3 Å². The first kappa shape index (κ1) is 21.2. The minimum atomic E-state index is -0.704. The molecule has 2 aromatic carbocycles. The van der Waals surface area contributed by atoms with Crippen molar-refractivity contribution in [1.29, 1.82) is 0 Å². The van der Waals surface area contributed by atoms with E-state index < -0.39 is 6.04 Å². The molecule has 0 radical (unpaired) electrons. The van der Waals surface area contributed by atoms with Crippen LogP contribution >= 0.6 is 0 Å². The smallest absolute Gasteiger partial charge is 0.251 e. The zero-order valence-electron chi connectivity index (χ0n) is 16.9.